The standard InChI is InChI=1S/C22H15ClF3N3O3/c23-14-1-6-18-17(11-14)13(7-10-27-18)12-28-20(31)29(19(30)21(28)8-9-21)15-2-4-16(5-3-15)32-22(24,25)26/h1-7,10-11H,8-9,12H2. The predicted molar refractivity (Wildman–Crippen MR) is 110 cm³/mol. The molecule has 1 aliphatic heterocycles. The lowest BCUT2D eigenvalue weighted by atomic mass is 10.1. The fraction of sp³-hybridized carbons (Fsp3) is 0.227. The Kier molecular flexibility index (Phi) is 4.56. The smallest absolute Gasteiger partial charge is 0.406 e. The Balaban J connectivity index is 1.46. The van der Waals surface area contributed by atoms with E-state index < -0.39 is 23.7 Å². The van der Waals surface area contributed by atoms with Crippen LogP contribution in [0.3, 0.4) is 0 Å². The second-order valence-corrected chi connectivity index (χ2v) is 8.15. The summed E-state index contributed by atoms with van der Waals surface area (Å²) >= 11 is 6.13. The molecule has 1 aromatic heterocycles. The molecule has 3 amide bonds. The highest BCUT2D eigenvalue weighted by molar-refractivity contribution is 6.31. The van der Waals surface area contributed by atoms with E-state index >= 15 is 0 Å². The molecule has 0 radical (unpaired) electrons. The minimum atomic E-state index is -4.83. The van der Waals surface area contributed by atoms with E-state index in [4.69, 9.17) is 11.6 Å². The molecular formula is C22H15ClF3N3O3. The van der Waals surface area contributed by atoms with Crippen LogP contribution in [0.4, 0.5) is 23.7 Å². The van der Waals surface area contributed by atoms with Gasteiger partial charge in [0.25, 0.3) is 5.91 Å². The molecule has 2 fully saturated rings. The van der Waals surface area contributed by atoms with Crippen LogP contribution in [-0.4, -0.2) is 33.7 Å². The molecule has 164 valence electrons. The van der Waals surface area contributed by atoms with Crippen molar-refractivity contribution in [2.24, 2.45) is 0 Å². The summed E-state index contributed by atoms with van der Waals surface area (Å²) in [6.45, 7) is 0.176. The number of amides is 3. The first-order valence-corrected chi connectivity index (χ1v) is 10.1. The van der Waals surface area contributed by atoms with Gasteiger partial charge in [0.05, 0.1) is 11.2 Å². The number of anilines is 1. The van der Waals surface area contributed by atoms with Crippen molar-refractivity contribution in [1.29, 1.82) is 0 Å². The summed E-state index contributed by atoms with van der Waals surface area (Å²) < 4.78 is 41.1. The molecule has 10 heteroatoms. The molecule has 32 heavy (non-hydrogen) atoms. The number of hydrogen-bond donors (Lipinski definition) is 0. The Morgan fingerprint density at radius 2 is 1.78 bits per heavy atom. The lowest BCUT2D eigenvalue weighted by molar-refractivity contribution is -0.274. The molecular weight excluding hydrogens is 447 g/mol. The summed E-state index contributed by atoms with van der Waals surface area (Å²) in [7, 11) is 0. The summed E-state index contributed by atoms with van der Waals surface area (Å²) in [5.41, 5.74) is 0.755. The molecule has 0 bridgehead atoms. The summed E-state index contributed by atoms with van der Waals surface area (Å²) in [5, 5.41) is 1.31. The molecule has 6 nitrogen and oxygen atoms in total. The maximum Gasteiger partial charge on any atom is 0.573 e. The molecule has 2 aliphatic rings. The van der Waals surface area contributed by atoms with Gasteiger partial charge in [-0.3, -0.25) is 9.78 Å². The van der Waals surface area contributed by atoms with Crippen LogP contribution in [0.2, 0.25) is 5.02 Å². The Labute approximate surface area is 185 Å². The van der Waals surface area contributed by atoms with E-state index in [0.717, 1.165) is 28.0 Å². The zero-order valence-electron chi connectivity index (χ0n) is 16.4. The largest absolute Gasteiger partial charge is 0.573 e. The molecule has 1 saturated carbocycles. The number of urea groups is 1. The van der Waals surface area contributed by atoms with Crippen LogP contribution in [0.5, 0.6) is 5.75 Å². The molecule has 0 atom stereocenters. The van der Waals surface area contributed by atoms with E-state index in [0.29, 0.717) is 23.4 Å². The van der Waals surface area contributed by atoms with Crippen LogP contribution in [0.15, 0.2) is 54.7 Å². The van der Waals surface area contributed by atoms with Crippen LogP contribution >= 0.6 is 11.6 Å². The quantitative estimate of drug-likeness (QED) is 0.495. The number of halogens is 4. The van der Waals surface area contributed by atoms with Gasteiger partial charge in [-0.25, -0.2) is 9.69 Å². The van der Waals surface area contributed by atoms with Gasteiger partial charge >= 0.3 is 12.4 Å². The molecule has 2 heterocycles. The second-order valence-electron chi connectivity index (χ2n) is 7.71. The number of carbonyl (C=O) groups excluding carboxylic acids is 2. The summed E-state index contributed by atoms with van der Waals surface area (Å²) in [5.74, 6) is -0.818. The SMILES string of the molecule is O=C1N(c2ccc(OC(F)(F)F)cc2)C(=O)C2(CC2)N1Cc1ccnc2ccc(Cl)cc12. The topological polar surface area (TPSA) is 62.7 Å². The third-order valence-corrected chi connectivity index (χ3v) is 5.95. The fourth-order valence-corrected chi connectivity index (χ4v) is 4.22. The first-order valence-electron chi connectivity index (χ1n) is 9.73. The normalized spacial score (nSPS) is 17.5. The molecule has 1 spiro atoms. The minimum absolute atomic E-state index is 0.176. The van der Waals surface area contributed by atoms with Gasteiger partial charge in [0.15, 0.2) is 0 Å². The molecule has 1 aliphatic carbocycles. The van der Waals surface area contributed by atoms with Crippen molar-refractivity contribution in [2.45, 2.75) is 31.3 Å². The highest BCUT2D eigenvalue weighted by Gasteiger charge is 2.65. The van der Waals surface area contributed by atoms with Crippen molar-refractivity contribution in [3.05, 3.63) is 65.3 Å². The molecule has 0 unspecified atom stereocenters. The van der Waals surface area contributed by atoms with Crippen LogP contribution < -0.4 is 9.64 Å². The average Bonchev–Trinajstić information content (AvgIpc) is 3.50. The predicted octanol–water partition coefficient (Wildman–Crippen LogP) is 5.29. The number of alkyl halides is 3. The first kappa shape index (κ1) is 20.6. The molecule has 2 aromatic carbocycles. The number of rotatable bonds is 4. The van der Waals surface area contributed by atoms with E-state index in [1.807, 2.05) is 0 Å². The van der Waals surface area contributed by atoms with Crippen molar-refractivity contribution >= 4 is 40.1 Å². The first-order chi connectivity index (χ1) is 15.2. The average molecular weight is 462 g/mol. The molecule has 3 aromatic rings. The van der Waals surface area contributed by atoms with E-state index in [2.05, 4.69) is 9.72 Å². The lowest BCUT2D eigenvalue weighted by Crippen LogP contribution is -2.36. The van der Waals surface area contributed by atoms with Gasteiger partial charge in [-0.1, -0.05) is 11.6 Å². The van der Waals surface area contributed by atoms with Gasteiger partial charge in [-0.2, -0.15) is 0 Å². The summed E-state index contributed by atoms with van der Waals surface area (Å²) in [6, 6.07) is 11.2. The van der Waals surface area contributed by atoms with Crippen LogP contribution in [0, 0.1) is 0 Å². The van der Waals surface area contributed by atoms with Gasteiger partial charge in [0, 0.05) is 23.2 Å². The highest BCUT2D eigenvalue weighted by atomic mass is 35.5. The summed E-state index contributed by atoms with van der Waals surface area (Å²) in [6.07, 6.45) is -2.16. The van der Waals surface area contributed by atoms with Gasteiger partial charge < -0.3 is 9.64 Å². The van der Waals surface area contributed by atoms with Gasteiger partial charge in [0.1, 0.15) is 11.3 Å². The number of hydrogen-bond acceptors (Lipinski definition) is 4. The third-order valence-electron chi connectivity index (χ3n) is 5.71. The number of fused-ring (bicyclic) bond motifs is 1. The lowest BCUT2D eigenvalue weighted by Gasteiger charge is -2.22. The fourth-order valence-electron chi connectivity index (χ4n) is 4.04. The Morgan fingerprint density at radius 1 is 1.06 bits per heavy atom. The highest BCUT2D eigenvalue weighted by Crippen LogP contribution is 2.50. The number of aromatic nitrogens is 1. The minimum Gasteiger partial charge on any atom is -0.406 e. The van der Waals surface area contributed by atoms with E-state index in [-0.39, 0.29) is 18.1 Å². The number of imide groups is 1. The zero-order chi connectivity index (χ0) is 22.7. The number of benzene rings is 2. The van der Waals surface area contributed by atoms with Gasteiger partial charge in [-0.05, 0) is 66.9 Å². The number of ether oxygens (including phenoxy) is 1. The van der Waals surface area contributed by atoms with Crippen LogP contribution in [0.1, 0.15) is 18.4 Å². The Bertz CT molecular complexity index is 1240. The van der Waals surface area contributed by atoms with Crippen LogP contribution in [-0.2, 0) is 11.3 Å². The van der Waals surface area contributed by atoms with E-state index in [1.165, 1.54) is 17.0 Å². The van der Waals surface area contributed by atoms with E-state index in [9.17, 15) is 22.8 Å². The van der Waals surface area contributed by atoms with Crippen molar-refractivity contribution in [3.63, 3.8) is 0 Å². The van der Waals surface area contributed by atoms with Crippen LogP contribution in [0.25, 0.3) is 10.9 Å². The zero-order valence-corrected chi connectivity index (χ0v) is 17.2. The maximum absolute atomic E-state index is 13.3. The second kappa shape index (κ2) is 7.09. The Hall–Kier alpha value is -3.33. The third kappa shape index (κ3) is 3.42. The van der Waals surface area contributed by atoms with Crippen molar-refractivity contribution < 1.29 is 27.5 Å². The van der Waals surface area contributed by atoms with E-state index in [1.54, 1.807) is 30.5 Å². The maximum atomic E-state index is 13.3. The molecule has 5 rings (SSSR count). The van der Waals surface area contributed by atoms with Crippen molar-refractivity contribution in [1.82, 2.24) is 9.88 Å². The molecule has 0 N–H and O–H groups in total. The Morgan fingerprint density at radius 3 is 2.44 bits per heavy atom. The number of pyridine rings is 1. The monoisotopic (exact) mass is 461 g/mol. The van der Waals surface area contributed by atoms with Crippen molar-refractivity contribution in [2.75, 3.05) is 4.90 Å². The number of nitrogens with zero attached hydrogens (tertiary/aromatic N) is 3. The summed E-state index contributed by atoms with van der Waals surface area (Å²) in [4.78, 5) is 33.3. The van der Waals surface area contributed by atoms with Crippen molar-refractivity contribution in [3.8, 4) is 5.75 Å². The number of carbonyl (C=O) groups is 2. The molecule has 1 saturated heterocycles. The van der Waals surface area contributed by atoms with Gasteiger partial charge in [-0.15, -0.1) is 13.2 Å². The van der Waals surface area contributed by atoms with Gasteiger partial charge in [0.2, 0.25) is 0 Å².